The lowest BCUT2D eigenvalue weighted by Crippen LogP contribution is -2.38. The van der Waals surface area contributed by atoms with Crippen LogP contribution in [0.5, 0.6) is 0 Å². The van der Waals surface area contributed by atoms with Crippen LogP contribution < -0.4 is 0 Å². The van der Waals surface area contributed by atoms with Gasteiger partial charge in [-0.15, -0.1) is 0 Å². The molecule has 0 saturated heterocycles. The Kier molecular flexibility index (Phi) is 5.17. The highest BCUT2D eigenvalue weighted by Crippen LogP contribution is 2.09. The van der Waals surface area contributed by atoms with E-state index in [1.165, 1.54) is 25.1 Å². The maximum atomic E-state index is 13.4. The molecule has 1 N–H and O–H groups in total. The van der Waals surface area contributed by atoms with Gasteiger partial charge in [-0.05, 0) is 11.6 Å². The van der Waals surface area contributed by atoms with Gasteiger partial charge in [0.05, 0.1) is 12.8 Å². The number of carbonyl (C=O) groups is 3. The van der Waals surface area contributed by atoms with E-state index in [9.17, 15) is 18.8 Å². The molecular weight excluding hydrogens is 253 g/mol. The molecule has 0 aliphatic rings. The summed E-state index contributed by atoms with van der Waals surface area (Å²) in [5.41, 5.74) is 0.175. The molecule has 0 atom stereocenters. The fraction of sp³-hybridized carbons (Fsp3) is 0.308. The molecule has 0 spiro atoms. The van der Waals surface area contributed by atoms with Gasteiger partial charge in [0, 0.05) is 13.5 Å². The van der Waals surface area contributed by atoms with Gasteiger partial charge in [-0.2, -0.15) is 0 Å². The van der Waals surface area contributed by atoms with Crippen LogP contribution in [0.15, 0.2) is 24.3 Å². The number of carboxylic acid groups (broad SMARTS) is 1. The van der Waals surface area contributed by atoms with Crippen LogP contribution in [0.3, 0.4) is 0 Å². The summed E-state index contributed by atoms with van der Waals surface area (Å²) < 4.78 is 13.4. The van der Waals surface area contributed by atoms with Crippen LogP contribution in [0.2, 0.25) is 0 Å². The predicted molar refractivity (Wildman–Crippen MR) is 64.8 cm³/mol. The number of halogens is 1. The summed E-state index contributed by atoms with van der Waals surface area (Å²) in [6, 6.07) is 5.75. The highest BCUT2D eigenvalue weighted by Gasteiger charge is 2.20. The zero-order chi connectivity index (χ0) is 14.4. The first-order chi connectivity index (χ1) is 8.91. The van der Waals surface area contributed by atoms with Crippen molar-refractivity contribution in [2.75, 3.05) is 6.54 Å². The van der Waals surface area contributed by atoms with E-state index in [0.29, 0.717) is 0 Å². The normalized spacial score (nSPS) is 10.0. The van der Waals surface area contributed by atoms with Crippen molar-refractivity contribution < 1.29 is 23.9 Å². The number of imide groups is 1. The second-order valence-corrected chi connectivity index (χ2v) is 3.98. The zero-order valence-electron chi connectivity index (χ0n) is 10.4. The first-order valence-electron chi connectivity index (χ1n) is 5.68. The average molecular weight is 267 g/mol. The van der Waals surface area contributed by atoms with E-state index in [2.05, 4.69) is 0 Å². The summed E-state index contributed by atoms with van der Waals surface area (Å²) in [4.78, 5) is 34.4. The molecule has 0 saturated carbocycles. The number of aliphatic carboxylic acids is 1. The summed E-state index contributed by atoms with van der Waals surface area (Å²) in [7, 11) is 0. The molecule has 5 nitrogen and oxygen atoms in total. The van der Waals surface area contributed by atoms with Crippen LogP contribution in [0.4, 0.5) is 4.39 Å². The van der Waals surface area contributed by atoms with Gasteiger partial charge in [0.25, 0.3) is 0 Å². The fourth-order valence-electron chi connectivity index (χ4n) is 1.57. The van der Waals surface area contributed by atoms with Crippen molar-refractivity contribution in [1.29, 1.82) is 0 Å². The van der Waals surface area contributed by atoms with Gasteiger partial charge in [0.2, 0.25) is 11.8 Å². The van der Waals surface area contributed by atoms with Gasteiger partial charge >= 0.3 is 5.97 Å². The summed E-state index contributed by atoms with van der Waals surface area (Å²) >= 11 is 0. The Morgan fingerprint density at radius 3 is 2.42 bits per heavy atom. The SMILES string of the molecule is CC(=O)N(CCC(=O)O)C(=O)Cc1ccccc1F. The minimum absolute atomic E-state index is 0.175. The van der Waals surface area contributed by atoms with Crippen molar-refractivity contribution in [2.24, 2.45) is 0 Å². The third-order valence-corrected chi connectivity index (χ3v) is 2.53. The third-order valence-electron chi connectivity index (χ3n) is 2.53. The lowest BCUT2D eigenvalue weighted by molar-refractivity contribution is -0.144. The molecule has 1 rings (SSSR count). The summed E-state index contributed by atoms with van der Waals surface area (Å²) in [5.74, 6) is -2.80. The van der Waals surface area contributed by atoms with Crippen LogP contribution in [0.1, 0.15) is 18.9 Å². The number of carbonyl (C=O) groups excluding carboxylic acids is 2. The van der Waals surface area contributed by atoms with Gasteiger partial charge in [-0.3, -0.25) is 19.3 Å². The Balaban J connectivity index is 2.75. The highest BCUT2D eigenvalue weighted by atomic mass is 19.1. The standard InChI is InChI=1S/C13H14FNO4/c1-9(16)15(7-6-13(18)19)12(17)8-10-4-2-3-5-11(10)14/h2-5H,6-8H2,1H3,(H,18,19). The first-order valence-corrected chi connectivity index (χ1v) is 5.68. The van der Waals surface area contributed by atoms with Gasteiger partial charge in [0.1, 0.15) is 5.82 Å². The molecule has 2 amide bonds. The van der Waals surface area contributed by atoms with E-state index in [0.717, 1.165) is 4.90 Å². The molecule has 0 heterocycles. The molecule has 0 aliphatic carbocycles. The molecule has 0 aliphatic heterocycles. The quantitative estimate of drug-likeness (QED) is 0.870. The number of carboxylic acids is 1. The van der Waals surface area contributed by atoms with Gasteiger partial charge in [-0.25, -0.2) is 4.39 Å². The molecule has 1 aromatic rings. The lowest BCUT2D eigenvalue weighted by atomic mass is 10.1. The molecular formula is C13H14FNO4. The number of benzene rings is 1. The van der Waals surface area contributed by atoms with E-state index in [-0.39, 0.29) is 24.9 Å². The molecule has 0 bridgehead atoms. The van der Waals surface area contributed by atoms with Crippen LogP contribution in [0.25, 0.3) is 0 Å². The summed E-state index contributed by atoms with van der Waals surface area (Å²) in [5, 5.41) is 8.55. The van der Waals surface area contributed by atoms with E-state index in [4.69, 9.17) is 5.11 Å². The Bertz CT molecular complexity index is 501. The molecule has 1 aromatic carbocycles. The molecule has 0 fully saturated rings. The van der Waals surface area contributed by atoms with Gasteiger partial charge in [-0.1, -0.05) is 18.2 Å². The van der Waals surface area contributed by atoms with E-state index < -0.39 is 23.6 Å². The van der Waals surface area contributed by atoms with Crippen LogP contribution in [0, 0.1) is 5.82 Å². The minimum atomic E-state index is -1.11. The number of amides is 2. The van der Waals surface area contributed by atoms with Crippen LogP contribution >= 0.6 is 0 Å². The maximum Gasteiger partial charge on any atom is 0.305 e. The second kappa shape index (κ2) is 6.63. The van der Waals surface area contributed by atoms with Crippen LogP contribution in [-0.4, -0.2) is 34.3 Å². The number of hydrogen-bond donors (Lipinski definition) is 1. The molecule has 19 heavy (non-hydrogen) atoms. The lowest BCUT2D eigenvalue weighted by Gasteiger charge is -2.18. The second-order valence-electron chi connectivity index (χ2n) is 3.98. The van der Waals surface area contributed by atoms with E-state index in [1.807, 2.05) is 0 Å². The largest absolute Gasteiger partial charge is 0.481 e. The Labute approximate surface area is 109 Å². The zero-order valence-corrected chi connectivity index (χ0v) is 10.4. The summed E-state index contributed by atoms with van der Waals surface area (Å²) in [6.07, 6.45) is -0.603. The number of hydrogen-bond acceptors (Lipinski definition) is 3. The Morgan fingerprint density at radius 2 is 1.89 bits per heavy atom. The van der Waals surface area contributed by atoms with Crippen molar-refractivity contribution in [3.8, 4) is 0 Å². The molecule has 6 heteroatoms. The Hall–Kier alpha value is -2.24. The van der Waals surface area contributed by atoms with Crippen molar-refractivity contribution in [3.05, 3.63) is 35.6 Å². The molecule has 0 aromatic heterocycles. The smallest absolute Gasteiger partial charge is 0.305 e. The monoisotopic (exact) mass is 267 g/mol. The van der Waals surface area contributed by atoms with E-state index >= 15 is 0 Å². The van der Waals surface area contributed by atoms with Crippen LogP contribution in [-0.2, 0) is 20.8 Å². The molecule has 0 radical (unpaired) electrons. The highest BCUT2D eigenvalue weighted by molar-refractivity contribution is 5.95. The maximum absolute atomic E-state index is 13.4. The Morgan fingerprint density at radius 1 is 1.26 bits per heavy atom. The number of rotatable bonds is 5. The minimum Gasteiger partial charge on any atom is -0.481 e. The van der Waals surface area contributed by atoms with Gasteiger partial charge < -0.3 is 5.11 Å². The molecule has 102 valence electrons. The van der Waals surface area contributed by atoms with Crippen molar-refractivity contribution in [2.45, 2.75) is 19.8 Å². The van der Waals surface area contributed by atoms with Gasteiger partial charge in [0.15, 0.2) is 0 Å². The topological polar surface area (TPSA) is 74.7 Å². The first kappa shape index (κ1) is 14.8. The fourth-order valence-corrected chi connectivity index (χ4v) is 1.57. The predicted octanol–water partition coefficient (Wildman–Crippen LogP) is 1.22. The molecule has 0 unspecified atom stereocenters. The van der Waals surface area contributed by atoms with Crippen molar-refractivity contribution >= 4 is 17.8 Å². The van der Waals surface area contributed by atoms with E-state index in [1.54, 1.807) is 6.07 Å². The summed E-state index contributed by atoms with van der Waals surface area (Å²) in [6.45, 7) is 0.957. The number of nitrogens with zero attached hydrogens (tertiary/aromatic N) is 1. The third kappa shape index (κ3) is 4.50. The van der Waals surface area contributed by atoms with Crippen molar-refractivity contribution in [1.82, 2.24) is 4.90 Å². The average Bonchev–Trinajstić information content (AvgIpc) is 2.31. The van der Waals surface area contributed by atoms with Crippen molar-refractivity contribution in [3.63, 3.8) is 0 Å².